The van der Waals surface area contributed by atoms with Gasteiger partial charge >= 0.3 is 5.97 Å². The fourth-order valence-corrected chi connectivity index (χ4v) is 1.25. The third-order valence-electron chi connectivity index (χ3n) is 1.41. The maximum Gasteiger partial charge on any atom is 0.374 e. The number of esters is 1. The monoisotopic (exact) mass is 248 g/mol. The summed E-state index contributed by atoms with van der Waals surface area (Å²) in [6, 6.07) is 2.05. The van der Waals surface area contributed by atoms with Crippen LogP contribution in [-0.4, -0.2) is 26.9 Å². The molecule has 0 spiro atoms. The summed E-state index contributed by atoms with van der Waals surface area (Å²) in [6.45, 7) is -0.621. The standard InChI is InChI=1S/C7H8N2O6S/c8-5(10)3-14-7(11)4-1-2-6(15-4)16(9,12)13/h1-2H,3H2,(H2,8,10)(H2,9,12,13). The predicted molar refractivity (Wildman–Crippen MR) is 49.6 cm³/mol. The van der Waals surface area contributed by atoms with Crippen molar-refractivity contribution in [1.29, 1.82) is 0 Å². The van der Waals surface area contributed by atoms with Crippen molar-refractivity contribution in [2.45, 2.75) is 5.09 Å². The Balaban J connectivity index is 2.79. The van der Waals surface area contributed by atoms with Gasteiger partial charge in [0.05, 0.1) is 0 Å². The molecule has 1 aromatic rings. The Labute approximate surface area is 90.2 Å². The average Bonchev–Trinajstić information content (AvgIpc) is 2.61. The molecule has 16 heavy (non-hydrogen) atoms. The normalized spacial score (nSPS) is 11.1. The Hall–Kier alpha value is -1.87. The van der Waals surface area contributed by atoms with E-state index in [4.69, 9.17) is 10.9 Å². The Morgan fingerprint density at radius 1 is 1.38 bits per heavy atom. The highest BCUT2D eigenvalue weighted by Crippen LogP contribution is 2.12. The van der Waals surface area contributed by atoms with Crippen LogP contribution in [0.15, 0.2) is 21.6 Å². The van der Waals surface area contributed by atoms with E-state index in [0.717, 1.165) is 12.1 Å². The van der Waals surface area contributed by atoms with Gasteiger partial charge in [0.15, 0.2) is 6.61 Å². The lowest BCUT2D eigenvalue weighted by Crippen LogP contribution is -2.20. The first-order valence-corrected chi connectivity index (χ1v) is 5.43. The Kier molecular flexibility index (Phi) is 3.30. The van der Waals surface area contributed by atoms with Crippen molar-refractivity contribution < 1.29 is 27.2 Å². The largest absolute Gasteiger partial charge is 0.450 e. The number of rotatable bonds is 4. The van der Waals surface area contributed by atoms with Crippen LogP contribution in [0.3, 0.4) is 0 Å². The summed E-state index contributed by atoms with van der Waals surface area (Å²) in [4.78, 5) is 21.4. The molecule has 8 nitrogen and oxygen atoms in total. The summed E-state index contributed by atoms with van der Waals surface area (Å²) in [5.74, 6) is -2.23. The van der Waals surface area contributed by atoms with Gasteiger partial charge in [0, 0.05) is 0 Å². The van der Waals surface area contributed by atoms with E-state index >= 15 is 0 Å². The van der Waals surface area contributed by atoms with Gasteiger partial charge in [0.25, 0.3) is 15.9 Å². The van der Waals surface area contributed by atoms with Crippen LogP contribution in [0.2, 0.25) is 0 Å². The van der Waals surface area contributed by atoms with Crippen molar-refractivity contribution in [1.82, 2.24) is 0 Å². The van der Waals surface area contributed by atoms with Gasteiger partial charge in [-0.15, -0.1) is 0 Å². The fraction of sp³-hybridized carbons (Fsp3) is 0.143. The molecule has 0 atom stereocenters. The first kappa shape index (κ1) is 12.2. The second-order valence-corrected chi connectivity index (χ2v) is 4.20. The minimum Gasteiger partial charge on any atom is -0.450 e. The lowest BCUT2D eigenvalue weighted by molar-refractivity contribution is -0.121. The number of sulfonamides is 1. The van der Waals surface area contributed by atoms with Gasteiger partial charge in [-0.05, 0) is 12.1 Å². The molecule has 0 unspecified atom stereocenters. The SMILES string of the molecule is NC(=O)COC(=O)c1ccc(S(N)(=O)=O)o1. The number of furan rings is 1. The van der Waals surface area contributed by atoms with Crippen LogP contribution in [0.1, 0.15) is 10.6 Å². The van der Waals surface area contributed by atoms with E-state index in [2.05, 4.69) is 9.15 Å². The minimum atomic E-state index is -4.01. The van der Waals surface area contributed by atoms with E-state index in [1.165, 1.54) is 0 Å². The number of ether oxygens (including phenoxy) is 1. The van der Waals surface area contributed by atoms with Crippen molar-refractivity contribution in [2.75, 3.05) is 6.61 Å². The summed E-state index contributed by atoms with van der Waals surface area (Å²) >= 11 is 0. The highest BCUT2D eigenvalue weighted by molar-refractivity contribution is 7.89. The Bertz CT molecular complexity index is 517. The second-order valence-electron chi connectivity index (χ2n) is 2.71. The van der Waals surface area contributed by atoms with E-state index in [-0.39, 0.29) is 5.76 Å². The first-order chi connectivity index (χ1) is 7.30. The van der Waals surface area contributed by atoms with Crippen LogP contribution < -0.4 is 10.9 Å². The van der Waals surface area contributed by atoms with Crippen molar-refractivity contribution >= 4 is 21.9 Å². The average molecular weight is 248 g/mol. The summed E-state index contributed by atoms with van der Waals surface area (Å²) in [5.41, 5.74) is 4.73. The quantitative estimate of drug-likeness (QED) is 0.625. The highest BCUT2D eigenvalue weighted by atomic mass is 32.2. The minimum absolute atomic E-state index is 0.384. The number of carbonyl (C=O) groups excluding carboxylic acids is 2. The van der Waals surface area contributed by atoms with Gasteiger partial charge in [-0.3, -0.25) is 4.79 Å². The molecule has 0 aliphatic rings. The van der Waals surface area contributed by atoms with E-state index in [0.29, 0.717) is 0 Å². The van der Waals surface area contributed by atoms with Gasteiger partial charge in [-0.1, -0.05) is 0 Å². The molecule has 0 aliphatic carbocycles. The lowest BCUT2D eigenvalue weighted by Gasteiger charge is -1.98. The number of primary amides is 1. The third-order valence-corrected chi connectivity index (χ3v) is 2.19. The molecule has 0 aromatic carbocycles. The maximum atomic E-state index is 11.1. The van der Waals surface area contributed by atoms with E-state index in [1.54, 1.807) is 0 Å². The maximum absolute atomic E-state index is 11.1. The number of nitrogens with two attached hydrogens (primary N) is 2. The molecule has 0 aliphatic heterocycles. The fourth-order valence-electron chi connectivity index (χ4n) is 0.791. The summed E-state index contributed by atoms with van der Waals surface area (Å²) < 4.78 is 30.6. The molecule has 9 heteroatoms. The van der Waals surface area contributed by atoms with Crippen LogP contribution in [0.5, 0.6) is 0 Å². The molecular weight excluding hydrogens is 240 g/mol. The zero-order valence-corrected chi connectivity index (χ0v) is 8.69. The van der Waals surface area contributed by atoms with Crippen molar-refractivity contribution in [3.05, 3.63) is 17.9 Å². The van der Waals surface area contributed by atoms with Crippen molar-refractivity contribution in [3.8, 4) is 0 Å². The molecule has 1 amide bonds. The van der Waals surface area contributed by atoms with Gasteiger partial charge in [0.1, 0.15) is 0 Å². The van der Waals surface area contributed by atoms with Gasteiger partial charge in [-0.2, -0.15) is 0 Å². The van der Waals surface area contributed by atoms with Crippen LogP contribution in [0.4, 0.5) is 0 Å². The molecule has 0 radical (unpaired) electrons. The number of carbonyl (C=O) groups is 2. The zero-order valence-electron chi connectivity index (χ0n) is 7.87. The molecule has 4 N–H and O–H groups in total. The Morgan fingerprint density at radius 3 is 2.44 bits per heavy atom. The second kappa shape index (κ2) is 4.33. The highest BCUT2D eigenvalue weighted by Gasteiger charge is 2.18. The third kappa shape index (κ3) is 3.07. The first-order valence-electron chi connectivity index (χ1n) is 3.89. The van der Waals surface area contributed by atoms with Crippen LogP contribution in [0.25, 0.3) is 0 Å². The molecular formula is C7H8N2O6S. The molecule has 1 heterocycles. The number of amides is 1. The van der Waals surface area contributed by atoms with E-state index < -0.39 is 33.6 Å². The predicted octanol–water partition coefficient (Wildman–Crippen LogP) is -1.43. The van der Waals surface area contributed by atoms with Crippen LogP contribution >= 0.6 is 0 Å². The van der Waals surface area contributed by atoms with E-state index in [1.807, 2.05) is 0 Å². The summed E-state index contributed by atoms with van der Waals surface area (Å²) in [5, 5.41) is 4.17. The molecule has 88 valence electrons. The zero-order chi connectivity index (χ0) is 12.3. The van der Waals surface area contributed by atoms with Gasteiger partial charge in [0.2, 0.25) is 10.9 Å². The summed E-state index contributed by atoms with van der Waals surface area (Å²) in [7, 11) is -4.01. The summed E-state index contributed by atoms with van der Waals surface area (Å²) in [6.07, 6.45) is 0. The van der Waals surface area contributed by atoms with Crippen molar-refractivity contribution in [2.24, 2.45) is 10.9 Å². The Morgan fingerprint density at radius 2 is 2.00 bits per heavy atom. The smallest absolute Gasteiger partial charge is 0.374 e. The van der Waals surface area contributed by atoms with E-state index in [9.17, 15) is 18.0 Å². The number of hydrogen-bond acceptors (Lipinski definition) is 6. The number of hydrogen-bond donors (Lipinski definition) is 2. The topological polar surface area (TPSA) is 143 Å². The van der Waals surface area contributed by atoms with Gasteiger partial charge in [-0.25, -0.2) is 18.4 Å². The van der Waals surface area contributed by atoms with Crippen molar-refractivity contribution in [3.63, 3.8) is 0 Å². The van der Waals surface area contributed by atoms with Gasteiger partial charge < -0.3 is 14.9 Å². The number of primary sulfonamides is 1. The molecule has 1 rings (SSSR count). The van der Waals surface area contributed by atoms with Crippen LogP contribution in [0, 0.1) is 0 Å². The molecule has 0 fully saturated rings. The molecule has 0 saturated carbocycles. The lowest BCUT2D eigenvalue weighted by atomic mass is 10.4. The molecule has 1 aromatic heterocycles. The molecule has 0 saturated heterocycles. The van der Waals surface area contributed by atoms with Crippen LogP contribution in [-0.2, 0) is 19.6 Å². The molecule has 0 bridgehead atoms.